The molecular weight excluding hydrogens is 327 g/mol. The van der Waals surface area contributed by atoms with Crippen LogP contribution in [-0.4, -0.2) is 44.0 Å². The maximum absolute atomic E-state index is 11.0. The van der Waals surface area contributed by atoms with Crippen LogP contribution in [0.25, 0.3) is 11.3 Å². The van der Waals surface area contributed by atoms with Gasteiger partial charge in [-0.15, -0.1) is 0 Å². The van der Waals surface area contributed by atoms with Crippen LogP contribution in [0, 0.1) is 5.92 Å². The number of rotatable bonds is 5. The maximum atomic E-state index is 11.0. The van der Waals surface area contributed by atoms with Gasteiger partial charge >= 0.3 is 7.60 Å². The molecule has 2 aromatic rings. The molecule has 7 nitrogen and oxygen atoms in total. The summed E-state index contributed by atoms with van der Waals surface area (Å²) in [5, 5.41) is 0. The Labute approximate surface area is 141 Å². The van der Waals surface area contributed by atoms with E-state index in [1.54, 1.807) is 18.7 Å². The molecule has 1 aliphatic rings. The van der Waals surface area contributed by atoms with Crippen LogP contribution in [0.2, 0.25) is 0 Å². The Morgan fingerprint density at radius 3 is 2.54 bits per heavy atom. The van der Waals surface area contributed by atoms with Crippen LogP contribution in [0.3, 0.4) is 0 Å². The van der Waals surface area contributed by atoms with Crippen LogP contribution in [0.4, 0.5) is 5.82 Å². The van der Waals surface area contributed by atoms with Gasteiger partial charge in [0.25, 0.3) is 0 Å². The van der Waals surface area contributed by atoms with Crippen LogP contribution >= 0.6 is 7.60 Å². The molecule has 128 valence electrons. The van der Waals surface area contributed by atoms with Gasteiger partial charge in [-0.05, 0) is 37.3 Å². The number of anilines is 1. The first-order valence-corrected chi connectivity index (χ1v) is 9.83. The first kappa shape index (κ1) is 17.0. The number of nitrogens with zero attached hydrogens (tertiary/aromatic N) is 4. The second-order valence-electron chi connectivity index (χ2n) is 6.10. The van der Waals surface area contributed by atoms with Crippen LogP contribution < -0.4 is 4.90 Å². The van der Waals surface area contributed by atoms with Gasteiger partial charge in [0.2, 0.25) is 0 Å². The second-order valence-corrected chi connectivity index (χ2v) is 7.88. The number of hydrogen-bond donors (Lipinski definition) is 2. The Balaban J connectivity index is 1.62. The maximum Gasteiger partial charge on any atom is 0.325 e. The molecule has 0 atom stereocenters. The van der Waals surface area contributed by atoms with Gasteiger partial charge in [-0.1, -0.05) is 0 Å². The Bertz CT molecular complexity index is 714. The SMILES string of the molecule is O=P(O)(O)CCC1CCN(c2cc(-c3ccncc3)ncn2)CC1. The van der Waals surface area contributed by atoms with Crippen molar-refractivity contribution in [2.45, 2.75) is 19.3 Å². The third-order valence-corrected chi connectivity index (χ3v) is 5.24. The molecule has 0 radical (unpaired) electrons. The monoisotopic (exact) mass is 348 g/mol. The molecule has 0 aromatic carbocycles. The fraction of sp³-hybridized carbons (Fsp3) is 0.438. The average Bonchev–Trinajstić information content (AvgIpc) is 2.61. The van der Waals surface area contributed by atoms with Crippen molar-refractivity contribution in [1.29, 1.82) is 0 Å². The lowest BCUT2D eigenvalue weighted by Gasteiger charge is -2.32. The first-order chi connectivity index (χ1) is 11.5. The standard InChI is InChI=1S/C16H21N4O3P/c21-24(22,23)10-5-13-3-8-20(9-4-13)16-11-15(18-12-19-16)14-1-6-17-7-2-14/h1-2,6-7,11-13H,3-5,8-10H2,(H2,21,22,23). The lowest BCUT2D eigenvalue weighted by Crippen LogP contribution is -2.34. The number of aromatic nitrogens is 3. The molecule has 0 aliphatic carbocycles. The van der Waals surface area contributed by atoms with E-state index in [1.807, 2.05) is 18.2 Å². The molecule has 2 aromatic heterocycles. The van der Waals surface area contributed by atoms with Crippen molar-refractivity contribution in [2.24, 2.45) is 5.92 Å². The van der Waals surface area contributed by atoms with E-state index in [9.17, 15) is 4.57 Å². The van der Waals surface area contributed by atoms with Crippen molar-refractivity contribution in [3.63, 3.8) is 0 Å². The van der Waals surface area contributed by atoms with Gasteiger partial charge in [0.05, 0.1) is 11.9 Å². The largest absolute Gasteiger partial charge is 0.356 e. The molecule has 2 N–H and O–H groups in total. The zero-order valence-electron chi connectivity index (χ0n) is 13.3. The fourth-order valence-electron chi connectivity index (χ4n) is 3.00. The number of piperidine rings is 1. The normalized spacial score (nSPS) is 16.3. The smallest absolute Gasteiger partial charge is 0.325 e. The summed E-state index contributed by atoms with van der Waals surface area (Å²) in [7, 11) is -3.89. The quantitative estimate of drug-likeness (QED) is 0.800. The van der Waals surface area contributed by atoms with Gasteiger partial charge in [0.15, 0.2) is 0 Å². The molecule has 1 aliphatic heterocycles. The van der Waals surface area contributed by atoms with Gasteiger partial charge in [-0.3, -0.25) is 9.55 Å². The summed E-state index contributed by atoms with van der Waals surface area (Å²) < 4.78 is 11.0. The van der Waals surface area contributed by atoms with E-state index in [-0.39, 0.29) is 6.16 Å². The molecule has 0 bridgehead atoms. The van der Waals surface area contributed by atoms with Gasteiger partial charge in [0.1, 0.15) is 12.1 Å². The zero-order chi connectivity index (χ0) is 17.0. The molecule has 3 rings (SSSR count). The average molecular weight is 348 g/mol. The Morgan fingerprint density at radius 1 is 1.17 bits per heavy atom. The lowest BCUT2D eigenvalue weighted by atomic mass is 9.94. The van der Waals surface area contributed by atoms with Crippen LogP contribution in [0.15, 0.2) is 36.9 Å². The topological polar surface area (TPSA) is 99.4 Å². The summed E-state index contributed by atoms with van der Waals surface area (Å²) in [4.78, 5) is 32.9. The molecule has 3 heterocycles. The highest BCUT2D eigenvalue weighted by atomic mass is 31.2. The van der Waals surface area contributed by atoms with E-state index in [4.69, 9.17) is 9.79 Å². The molecule has 0 unspecified atom stereocenters. The number of hydrogen-bond acceptors (Lipinski definition) is 5. The van der Waals surface area contributed by atoms with E-state index < -0.39 is 7.60 Å². The zero-order valence-corrected chi connectivity index (χ0v) is 14.2. The molecule has 24 heavy (non-hydrogen) atoms. The Hall–Kier alpha value is -1.82. The minimum Gasteiger partial charge on any atom is -0.356 e. The third kappa shape index (κ3) is 4.60. The van der Waals surface area contributed by atoms with Crippen LogP contribution in [-0.2, 0) is 4.57 Å². The van der Waals surface area contributed by atoms with Crippen molar-refractivity contribution < 1.29 is 14.4 Å². The highest BCUT2D eigenvalue weighted by molar-refractivity contribution is 7.51. The molecule has 1 fully saturated rings. The van der Waals surface area contributed by atoms with Crippen molar-refractivity contribution >= 4 is 13.4 Å². The summed E-state index contributed by atoms with van der Waals surface area (Å²) in [6.45, 7) is 1.69. The highest BCUT2D eigenvalue weighted by Gasteiger charge is 2.23. The third-order valence-electron chi connectivity index (χ3n) is 4.40. The van der Waals surface area contributed by atoms with Crippen molar-refractivity contribution in [3.05, 3.63) is 36.9 Å². The lowest BCUT2D eigenvalue weighted by molar-refractivity contribution is 0.350. The molecular formula is C16H21N4O3P. The van der Waals surface area contributed by atoms with E-state index in [1.165, 1.54) is 0 Å². The second kappa shape index (κ2) is 7.38. The summed E-state index contributed by atoms with van der Waals surface area (Å²) in [5.74, 6) is 1.26. The molecule has 8 heteroatoms. The van der Waals surface area contributed by atoms with E-state index in [0.717, 1.165) is 43.0 Å². The minimum absolute atomic E-state index is 0.0165. The first-order valence-electron chi connectivity index (χ1n) is 8.03. The minimum atomic E-state index is -3.89. The van der Waals surface area contributed by atoms with Crippen molar-refractivity contribution in [2.75, 3.05) is 24.2 Å². The summed E-state index contributed by atoms with van der Waals surface area (Å²) in [6, 6.07) is 5.81. The highest BCUT2D eigenvalue weighted by Crippen LogP contribution is 2.38. The predicted octanol–water partition coefficient (Wildman–Crippen LogP) is 2.32. The van der Waals surface area contributed by atoms with Crippen molar-refractivity contribution in [1.82, 2.24) is 15.0 Å². The molecule has 1 saturated heterocycles. The van der Waals surface area contributed by atoms with Gasteiger partial charge in [0, 0.05) is 37.1 Å². The molecule has 0 spiro atoms. The van der Waals surface area contributed by atoms with Crippen molar-refractivity contribution in [3.8, 4) is 11.3 Å². The van der Waals surface area contributed by atoms with Crippen LogP contribution in [0.5, 0.6) is 0 Å². The predicted molar refractivity (Wildman–Crippen MR) is 91.7 cm³/mol. The summed E-state index contributed by atoms with van der Waals surface area (Å²) in [6.07, 6.45) is 7.48. The van der Waals surface area contributed by atoms with Gasteiger partial charge in [-0.2, -0.15) is 0 Å². The summed E-state index contributed by atoms with van der Waals surface area (Å²) >= 11 is 0. The molecule has 0 saturated carbocycles. The number of pyridine rings is 1. The fourth-order valence-corrected chi connectivity index (χ4v) is 3.70. The van der Waals surface area contributed by atoms with Gasteiger partial charge < -0.3 is 14.7 Å². The van der Waals surface area contributed by atoms with E-state index >= 15 is 0 Å². The van der Waals surface area contributed by atoms with Crippen LogP contribution in [0.1, 0.15) is 19.3 Å². The Morgan fingerprint density at radius 2 is 1.88 bits per heavy atom. The summed E-state index contributed by atoms with van der Waals surface area (Å²) in [5.41, 5.74) is 1.87. The van der Waals surface area contributed by atoms with Gasteiger partial charge in [-0.25, -0.2) is 9.97 Å². The Kier molecular flexibility index (Phi) is 5.23. The molecule has 0 amide bonds. The van der Waals surface area contributed by atoms with E-state index in [0.29, 0.717) is 12.3 Å². The van der Waals surface area contributed by atoms with E-state index in [2.05, 4.69) is 19.9 Å².